The molecule has 72 heavy (non-hydrogen) atoms. The number of hydrogen-bond acceptors (Lipinski definition) is 13. The van der Waals surface area contributed by atoms with E-state index in [1.54, 1.807) is 97.4 Å². The van der Waals surface area contributed by atoms with E-state index in [4.69, 9.17) is 16.3 Å². The first-order valence-electron chi connectivity index (χ1n) is 21.7. The van der Waals surface area contributed by atoms with Gasteiger partial charge in [0, 0.05) is 76.6 Å². The molecular formula is C48H46BClF3KN10O8. The van der Waals surface area contributed by atoms with Gasteiger partial charge in [0.15, 0.2) is 17.2 Å². The summed E-state index contributed by atoms with van der Waals surface area (Å²) in [6.07, 6.45) is 3.90. The molecule has 2 fully saturated rings. The van der Waals surface area contributed by atoms with E-state index in [1.165, 1.54) is 15.9 Å². The van der Waals surface area contributed by atoms with Crippen LogP contribution in [0.4, 0.5) is 12.9 Å². The smallest absolute Gasteiger partial charge is 0.477 e. The predicted molar refractivity (Wildman–Crippen MR) is 254 cm³/mol. The predicted octanol–water partition coefficient (Wildman–Crippen LogP) is 2.18. The molecule has 3 N–H and O–H groups in total. The minimum Gasteiger partial charge on any atom is -0.477 e. The number of aryl methyl sites for hydroxylation is 2. The number of carboxylic acids is 1. The number of benzene rings is 2. The largest absolute Gasteiger partial charge is 1.00 e. The van der Waals surface area contributed by atoms with Crippen LogP contribution in [0.15, 0.2) is 85.2 Å². The standard InChI is InChI=1S/C23H21N5O4.C13H12NO2.C12H13ClN4O2.BF3.K/c1-3-28-19(8-11-24-28)17-14-18(21(29)30)26-20(25-17)16-6-4-5-15(13-16)7-9-23(32)10-12-27(2)22(23)31;1-14-10-9-13(16,12(14)15)8-7-11-5-3-2-4-6-11;1-3-17-10(5-6-14-17)8-7-9(11(18)19-4-2)16-12(13)15-8;2-1(3)4;/h4-6,8,11,13-14,32H,3,10,12H2,1-2H3,(H,29,30);2-3,5-6,16H,9-10H2,1H3;5-7H,3-4H2,1-2H3;;/q;-1;;;+1/t23-;13-;;;/m00.../s1. The molecule has 0 spiro atoms. The Kier molecular flexibility index (Phi) is 21.8. The second kappa shape index (κ2) is 27.0. The molecule has 2 aliphatic rings. The Morgan fingerprint density at radius 1 is 0.778 bits per heavy atom. The first-order valence-corrected chi connectivity index (χ1v) is 22.1. The Balaban J connectivity index is 0.000000240. The fraction of sp³-hybridized carbons (Fsp3) is 0.292. The van der Waals surface area contributed by atoms with Crippen LogP contribution in [0.5, 0.6) is 0 Å². The number of carbonyl (C=O) groups excluding carboxylic acids is 3. The first kappa shape index (κ1) is 58.3. The number of aromatic nitrogens is 8. The minimum atomic E-state index is -3.67. The molecule has 0 aliphatic carbocycles. The molecule has 6 heterocycles. The van der Waals surface area contributed by atoms with E-state index < -0.39 is 36.6 Å². The summed E-state index contributed by atoms with van der Waals surface area (Å²) < 4.78 is 37.4. The molecule has 4 aromatic heterocycles. The number of esters is 1. The number of carbonyl (C=O) groups is 4. The van der Waals surface area contributed by atoms with Crippen LogP contribution in [-0.2, 0) is 27.4 Å². The van der Waals surface area contributed by atoms with Gasteiger partial charge in [-0.15, -0.1) is 5.92 Å². The first-order chi connectivity index (χ1) is 33.8. The maximum Gasteiger partial charge on any atom is 1.00 e. The van der Waals surface area contributed by atoms with Gasteiger partial charge in [0.1, 0.15) is 0 Å². The maximum absolute atomic E-state index is 12.1. The Labute approximate surface area is 460 Å². The average molecular weight is 1030 g/mol. The normalized spacial score (nSPS) is 16.4. The maximum atomic E-state index is 12.1. The van der Waals surface area contributed by atoms with Gasteiger partial charge in [0.25, 0.3) is 11.8 Å². The number of ether oxygens (including phenoxy) is 1. The number of amides is 2. The van der Waals surface area contributed by atoms with Crippen molar-refractivity contribution in [3.05, 3.63) is 119 Å². The fourth-order valence-electron chi connectivity index (χ4n) is 6.78. The topological polar surface area (TPSA) is 232 Å². The summed E-state index contributed by atoms with van der Waals surface area (Å²) in [5.74, 6) is 8.78. The second-order valence-electron chi connectivity index (χ2n) is 15.3. The molecule has 368 valence electrons. The van der Waals surface area contributed by atoms with Crippen molar-refractivity contribution >= 4 is 42.9 Å². The SMILES string of the molecule is CCOC(=O)c1cc(-c2ccnn2CC)nc(Cl)n1.CCn1nccc1-c1cc(C(=O)O)nc(-c2cccc(C#C[C@]3(O)CCN(C)C3=O)c2)n1.CN1CC[C@@](O)(C#Cc2c[c-]ccc2)C1=O.FB(F)F.[K+]. The van der Waals surface area contributed by atoms with Gasteiger partial charge in [-0.05, 0) is 68.8 Å². The molecule has 2 atom stereocenters. The minimum absolute atomic E-state index is 0. The molecule has 2 amide bonds. The zero-order valence-electron chi connectivity index (χ0n) is 40.0. The van der Waals surface area contributed by atoms with E-state index in [9.17, 15) is 47.4 Å². The van der Waals surface area contributed by atoms with Crippen molar-refractivity contribution in [1.29, 1.82) is 0 Å². The number of likely N-dealkylation sites (tertiary alicyclic amines) is 2. The van der Waals surface area contributed by atoms with Gasteiger partial charge < -0.3 is 29.9 Å². The van der Waals surface area contributed by atoms with E-state index in [0.717, 1.165) is 11.3 Å². The summed E-state index contributed by atoms with van der Waals surface area (Å²) in [5.41, 5.74) is 1.09. The third-order valence-corrected chi connectivity index (χ3v) is 10.5. The zero-order valence-corrected chi connectivity index (χ0v) is 43.9. The number of hydrogen-bond donors (Lipinski definition) is 3. The van der Waals surface area contributed by atoms with Crippen molar-refractivity contribution in [2.75, 3.05) is 33.8 Å². The molecule has 2 aliphatic heterocycles. The number of nitrogens with zero attached hydrogens (tertiary/aromatic N) is 10. The quantitative estimate of drug-likeness (QED) is 0.0653. The molecule has 0 unspecified atom stereocenters. The van der Waals surface area contributed by atoms with E-state index in [1.807, 2.05) is 26.0 Å². The van der Waals surface area contributed by atoms with Crippen molar-refractivity contribution in [2.45, 2.75) is 57.9 Å². The van der Waals surface area contributed by atoms with Crippen LogP contribution < -0.4 is 51.4 Å². The van der Waals surface area contributed by atoms with Crippen LogP contribution in [-0.4, -0.2) is 141 Å². The molecule has 24 heteroatoms. The third-order valence-electron chi connectivity index (χ3n) is 10.4. The fourth-order valence-corrected chi connectivity index (χ4v) is 6.96. The summed E-state index contributed by atoms with van der Waals surface area (Å²) in [5, 5.41) is 38.4. The summed E-state index contributed by atoms with van der Waals surface area (Å²) in [6, 6.07) is 23.5. The summed E-state index contributed by atoms with van der Waals surface area (Å²) >= 11 is 5.85. The van der Waals surface area contributed by atoms with Gasteiger partial charge >= 0.3 is 70.9 Å². The second-order valence-corrected chi connectivity index (χ2v) is 15.6. The van der Waals surface area contributed by atoms with Crippen LogP contribution in [0.3, 0.4) is 0 Å². The van der Waals surface area contributed by atoms with Gasteiger partial charge in [0.05, 0.1) is 29.4 Å². The number of halogens is 4. The average Bonchev–Trinajstić information content (AvgIpc) is 4.16. The number of likely N-dealkylation sites (N-methyl/N-ethyl adjacent to an activating group) is 2. The third kappa shape index (κ3) is 15.6. The van der Waals surface area contributed by atoms with Crippen LogP contribution >= 0.6 is 11.6 Å². The number of carboxylic acid groups (broad SMARTS) is 1. The molecule has 8 rings (SSSR count). The number of rotatable bonds is 8. The molecule has 2 saturated heterocycles. The van der Waals surface area contributed by atoms with Crippen molar-refractivity contribution in [3.8, 4) is 57.8 Å². The number of aliphatic hydroxyl groups is 2. The Morgan fingerprint density at radius 3 is 1.79 bits per heavy atom. The molecule has 0 radical (unpaired) electrons. The monoisotopic (exact) mass is 1030 g/mol. The van der Waals surface area contributed by atoms with Gasteiger partial charge in [0.2, 0.25) is 16.5 Å². The van der Waals surface area contributed by atoms with Gasteiger partial charge in [-0.25, -0.2) is 29.5 Å². The summed E-state index contributed by atoms with van der Waals surface area (Å²) in [7, 11) is -0.379. The van der Waals surface area contributed by atoms with Crippen LogP contribution in [0.2, 0.25) is 5.28 Å². The Morgan fingerprint density at radius 2 is 1.31 bits per heavy atom. The van der Waals surface area contributed by atoms with Crippen molar-refractivity contribution < 1.29 is 104 Å². The molecule has 0 bridgehead atoms. The molecular weight excluding hydrogens is 987 g/mol. The van der Waals surface area contributed by atoms with Gasteiger partial charge in [-0.2, -0.15) is 40.5 Å². The van der Waals surface area contributed by atoms with E-state index in [0.29, 0.717) is 60.8 Å². The van der Waals surface area contributed by atoms with Gasteiger partial charge in [-0.1, -0.05) is 35.5 Å². The van der Waals surface area contributed by atoms with Gasteiger partial charge in [-0.3, -0.25) is 31.9 Å². The van der Waals surface area contributed by atoms with Crippen LogP contribution in [0, 0.1) is 29.7 Å². The van der Waals surface area contributed by atoms with Crippen molar-refractivity contribution in [3.63, 3.8) is 0 Å². The van der Waals surface area contributed by atoms with E-state index >= 15 is 0 Å². The zero-order chi connectivity index (χ0) is 51.9. The van der Waals surface area contributed by atoms with E-state index in [-0.39, 0.29) is 92.8 Å². The Hall–Kier alpha value is -6.28. The van der Waals surface area contributed by atoms with Crippen molar-refractivity contribution in [1.82, 2.24) is 49.3 Å². The molecule has 2 aromatic carbocycles. The van der Waals surface area contributed by atoms with E-state index in [2.05, 4.69) is 59.9 Å². The van der Waals surface area contributed by atoms with Crippen LogP contribution in [0.25, 0.3) is 34.2 Å². The molecule has 18 nitrogen and oxygen atoms in total. The molecule has 0 saturated carbocycles. The number of aromatic carboxylic acids is 1. The molecule has 6 aromatic rings. The van der Waals surface area contributed by atoms with Crippen molar-refractivity contribution in [2.24, 2.45) is 0 Å². The summed E-state index contributed by atoms with van der Waals surface area (Å²) in [4.78, 5) is 66.8. The Bertz CT molecular complexity index is 3000. The summed E-state index contributed by atoms with van der Waals surface area (Å²) in [6.45, 7) is 8.19. The van der Waals surface area contributed by atoms with Crippen LogP contribution in [0.1, 0.15) is 65.7 Å².